The fourth-order valence-electron chi connectivity index (χ4n) is 2.76. The van der Waals surface area contributed by atoms with Crippen molar-refractivity contribution in [2.24, 2.45) is 4.99 Å². The maximum Gasteiger partial charge on any atom is 0.191 e. The highest BCUT2D eigenvalue weighted by atomic mass is 19.1. The van der Waals surface area contributed by atoms with Crippen molar-refractivity contribution in [3.63, 3.8) is 0 Å². The lowest BCUT2D eigenvalue weighted by Crippen LogP contribution is -2.38. The number of benzene rings is 1. The Kier molecular flexibility index (Phi) is 5.21. The highest BCUT2D eigenvalue weighted by Crippen LogP contribution is 2.16. The van der Waals surface area contributed by atoms with Gasteiger partial charge in [-0.1, -0.05) is 12.1 Å². The third-order valence-electron chi connectivity index (χ3n) is 4.38. The van der Waals surface area contributed by atoms with Gasteiger partial charge in [0.15, 0.2) is 5.96 Å². The van der Waals surface area contributed by atoms with Crippen molar-refractivity contribution >= 4 is 11.6 Å². The van der Waals surface area contributed by atoms with Crippen LogP contribution in [-0.4, -0.2) is 22.4 Å². The largest absolute Gasteiger partial charge is 0.351 e. The van der Waals surface area contributed by atoms with Crippen LogP contribution in [0.2, 0.25) is 0 Å². The van der Waals surface area contributed by atoms with E-state index >= 15 is 0 Å². The molecule has 2 aromatic heterocycles. The lowest BCUT2D eigenvalue weighted by Gasteiger charge is -2.18. The standard InChI is InChI=1S/C20H24FN5/c1-13-7-8-26-12-17(25-19(26)9-13)11-23-20(22-4)24-15(3)16-6-5-14(2)18(21)10-16/h5-10,12,15H,11H2,1-4H3,(H2,22,23,24). The van der Waals surface area contributed by atoms with Crippen LogP contribution >= 0.6 is 0 Å². The first-order valence-corrected chi connectivity index (χ1v) is 8.63. The molecular formula is C20H24FN5. The van der Waals surface area contributed by atoms with Gasteiger partial charge >= 0.3 is 0 Å². The third-order valence-corrected chi connectivity index (χ3v) is 4.38. The monoisotopic (exact) mass is 353 g/mol. The number of rotatable bonds is 4. The van der Waals surface area contributed by atoms with Gasteiger partial charge in [0.2, 0.25) is 0 Å². The van der Waals surface area contributed by atoms with Crippen LogP contribution in [0.15, 0.2) is 47.7 Å². The Hall–Kier alpha value is -2.89. The first-order valence-electron chi connectivity index (χ1n) is 8.63. The van der Waals surface area contributed by atoms with Gasteiger partial charge in [-0.3, -0.25) is 4.99 Å². The molecule has 3 rings (SSSR count). The Labute approximate surface area is 153 Å². The molecule has 0 fully saturated rings. The minimum Gasteiger partial charge on any atom is -0.351 e. The normalized spacial score (nSPS) is 13.0. The van der Waals surface area contributed by atoms with Crippen LogP contribution in [0.3, 0.4) is 0 Å². The quantitative estimate of drug-likeness (QED) is 0.557. The van der Waals surface area contributed by atoms with Gasteiger partial charge in [0.1, 0.15) is 11.5 Å². The molecule has 2 N–H and O–H groups in total. The second-order valence-corrected chi connectivity index (χ2v) is 6.50. The average molecular weight is 353 g/mol. The number of nitrogens with one attached hydrogen (secondary N) is 2. The second kappa shape index (κ2) is 7.56. The third kappa shape index (κ3) is 4.02. The van der Waals surface area contributed by atoms with Crippen molar-refractivity contribution in [1.82, 2.24) is 20.0 Å². The number of halogens is 1. The molecule has 0 radical (unpaired) electrons. The topological polar surface area (TPSA) is 53.7 Å². The van der Waals surface area contributed by atoms with E-state index in [0.717, 1.165) is 16.9 Å². The first kappa shape index (κ1) is 17.9. The summed E-state index contributed by atoms with van der Waals surface area (Å²) in [6.45, 7) is 6.34. The van der Waals surface area contributed by atoms with E-state index in [0.29, 0.717) is 18.1 Å². The maximum absolute atomic E-state index is 13.8. The molecule has 136 valence electrons. The van der Waals surface area contributed by atoms with E-state index in [9.17, 15) is 4.39 Å². The minimum atomic E-state index is -0.195. The van der Waals surface area contributed by atoms with Crippen molar-refractivity contribution in [3.8, 4) is 0 Å². The highest BCUT2D eigenvalue weighted by Gasteiger charge is 2.10. The van der Waals surface area contributed by atoms with Gasteiger partial charge in [0.25, 0.3) is 0 Å². The van der Waals surface area contributed by atoms with Crippen LogP contribution < -0.4 is 10.6 Å². The molecule has 1 atom stereocenters. The first-order chi connectivity index (χ1) is 12.5. The molecule has 3 aromatic rings. The average Bonchev–Trinajstić information content (AvgIpc) is 3.02. The molecule has 0 amide bonds. The Morgan fingerprint density at radius 1 is 1.27 bits per heavy atom. The second-order valence-electron chi connectivity index (χ2n) is 6.50. The number of fused-ring (bicyclic) bond motifs is 1. The number of guanidine groups is 1. The van der Waals surface area contributed by atoms with Gasteiger partial charge in [-0.15, -0.1) is 0 Å². The summed E-state index contributed by atoms with van der Waals surface area (Å²) < 4.78 is 15.8. The van der Waals surface area contributed by atoms with E-state index in [4.69, 9.17) is 0 Å². The molecule has 0 saturated heterocycles. The van der Waals surface area contributed by atoms with Crippen molar-refractivity contribution in [2.75, 3.05) is 7.05 Å². The number of nitrogens with zero attached hydrogens (tertiary/aromatic N) is 3. The SMILES string of the molecule is CN=C(NCc1cn2ccc(C)cc2n1)NC(C)c1ccc(C)c(F)c1. The predicted molar refractivity (Wildman–Crippen MR) is 103 cm³/mol. The predicted octanol–water partition coefficient (Wildman–Crippen LogP) is 3.52. The lowest BCUT2D eigenvalue weighted by molar-refractivity contribution is 0.607. The number of aromatic nitrogens is 2. The van der Waals surface area contributed by atoms with Gasteiger partial charge < -0.3 is 15.0 Å². The van der Waals surface area contributed by atoms with E-state index in [1.165, 1.54) is 5.56 Å². The van der Waals surface area contributed by atoms with Crippen molar-refractivity contribution in [1.29, 1.82) is 0 Å². The van der Waals surface area contributed by atoms with Crippen LogP contribution in [-0.2, 0) is 6.54 Å². The zero-order chi connectivity index (χ0) is 18.7. The Morgan fingerprint density at radius 3 is 2.81 bits per heavy atom. The van der Waals surface area contributed by atoms with Crippen molar-refractivity contribution < 1.29 is 4.39 Å². The van der Waals surface area contributed by atoms with Crippen LogP contribution in [0.25, 0.3) is 5.65 Å². The smallest absolute Gasteiger partial charge is 0.191 e. The summed E-state index contributed by atoms with van der Waals surface area (Å²) in [6, 6.07) is 9.30. The molecule has 0 spiro atoms. The summed E-state index contributed by atoms with van der Waals surface area (Å²) in [5.74, 6) is 0.450. The van der Waals surface area contributed by atoms with Crippen LogP contribution in [0, 0.1) is 19.7 Å². The zero-order valence-corrected chi connectivity index (χ0v) is 15.5. The summed E-state index contributed by atoms with van der Waals surface area (Å²) in [7, 11) is 1.71. The molecule has 5 nitrogen and oxygen atoms in total. The number of imidazole rings is 1. The van der Waals surface area contributed by atoms with Crippen LogP contribution in [0.1, 0.15) is 35.3 Å². The summed E-state index contributed by atoms with van der Waals surface area (Å²) in [5.41, 5.74) is 4.55. The Morgan fingerprint density at radius 2 is 2.08 bits per heavy atom. The molecule has 0 aliphatic carbocycles. The molecule has 0 aliphatic rings. The van der Waals surface area contributed by atoms with E-state index in [2.05, 4.69) is 26.7 Å². The van der Waals surface area contributed by atoms with Crippen molar-refractivity contribution in [3.05, 3.63) is 70.9 Å². The minimum absolute atomic E-state index is 0.0694. The molecule has 1 aromatic carbocycles. The van der Waals surface area contributed by atoms with Gasteiger partial charge in [-0.2, -0.15) is 0 Å². The molecule has 2 heterocycles. The molecule has 0 aliphatic heterocycles. The molecule has 6 heteroatoms. The van der Waals surface area contributed by atoms with Crippen LogP contribution in [0.4, 0.5) is 4.39 Å². The van der Waals surface area contributed by atoms with E-state index in [1.54, 1.807) is 26.1 Å². The molecule has 0 saturated carbocycles. The zero-order valence-electron chi connectivity index (χ0n) is 15.5. The van der Waals surface area contributed by atoms with Gasteiger partial charge in [0, 0.05) is 19.4 Å². The number of aryl methyl sites for hydroxylation is 2. The summed E-state index contributed by atoms with van der Waals surface area (Å²) in [4.78, 5) is 8.85. The fourth-order valence-corrected chi connectivity index (χ4v) is 2.76. The van der Waals surface area contributed by atoms with Gasteiger partial charge in [-0.25, -0.2) is 9.37 Å². The highest BCUT2D eigenvalue weighted by molar-refractivity contribution is 5.80. The van der Waals surface area contributed by atoms with E-state index < -0.39 is 0 Å². The van der Waals surface area contributed by atoms with Crippen LogP contribution in [0.5, 0.6) is 0 Å². The number of pyridine rings is 1. The number of hydrogen-bond acceptors (Lipinski definition) is 2. The number of hydrogen-bond donors (Lipinski definition) is 2. The van der Waals surface area contributed by atoms with Crippen molar-refractivity contribution in [2.45, 2.75) is 33.4 Å². The Balaban J connectivity index is 1.64. The number of aliphatic imine (C=N–C) groups is 1. The fraction of sp³-hybridized carbons (Fsp3) is 0.300. The van der Waals surface area contributed by atoms with E-state index in [-0.39, 0.29) is 11.9 Å². The Bertz CT molecular complexity index is 945. The maximum atomic E-state index is 13.8. The summed E-state index contributed by atoms with van der Waals surface area (Å²) in [5, 5.41) is 6.54. The van der Waals surface area contributed by atoms with Gasteiger partial charge in [-0.05, 0) is 55.7 Å². The summed E-state index contributed by atoms with van der Waals surface area (Å²) in [6.07, 6.45) is 4.00. The summed E-state index contributed by atoms with van der Waals surface area (Å²) >= 11 is 0. The van der Waals surface area contributed by atoms with E-state index in [1.807, 2.05) is 42.8 Å². The van der Waals surface area contributed by atoms with Gasteiger partial charge in [0.05, 0.1) is 18.3 Å². The molecular weight excluding hydrogens is 329 g/mol. The molecule has 1 unspecified atom stereocenters. The molecule has 0 bridgehead atoms. The molecule has 26 heavy (non-hydrogen) atoms. The lowest BCUT2D eigenvalue weighted by atomic mass is 10.1.